The van der Waals surface area contributed by atoms with Gasteiger partial charge in [-0.15, -0.1) is 0 Å². The van der Waals surface area contributed by atoms with Crippen molar-refractivity contribution in [2.75, 3.05) is 6.61 Å². The van der Waals surface area contributed by atoms with Crippen molar-refractivity contribution in [2.24, 2.45) is 22.7 Å². The smallest absolute Gasteiger partial charge is 0.315 e. The van der Waals surface area contributed by atoms with Crippen LogP contribution in [0.3, 0.4) is 0 Å². The second kappa shape index (κ2) is 3.75. The van der Waals surface area contributed by atoms with E-state index in [2.05, 4.69) is 0 Å². The van der Waals surface area contributed by atoms with E-state index in [0.29, 0.717) is 18.8 Å². The van der Waals surface area contributed by atoms with E-state index < -0.39 is 5.41 Å². The van der Waals surface area contributed by atoms with Gasteiger partial charge in [-0.05, 0) is 25.2 Å². The molecule has 1 aliphatic heterocycles. The minimum absolute atomic E-state index is 0.0541. The molecule has 0 bridgehead atoms. The molecule has 4 aliphatic rings. The van der Waals surface area contributed by atoms with Crippen LogP contribution in [0.1, 0.15) is 39.0 Å². The molecule has 1 spiro atoms. The summed E-state index contributed by atoms with van der Waals surface area (Å²) in [4.78, 5) is 23.9. The van der Waals surface area contributed by atoms with Gasteiger partial charge in [-0.2, -0.15) is 0 Å². The highest BCUT2D eigenvalue weighted by Gasteiger charge is 2.90. The predicted molar refractivity (Wildman–Crippen MR) is 67.5 cm³/mol. The van der Waals surface area contributed by atoms with Crippen LogP contribution in [0.5, 0.6) is 0 Å². The second-order valence-electron chi connectivity index (χ2n) is 6.89. The Hall–Kier alpha value is -1.10. The molecule has 0 aromatic heterocycles. The van der Waals surface area contributed by atoms with E-state index in [4.69, 9.17) is 9.47 Å². The van der Waals surface area contributed by atoms with Crippen molar-refractivity contribution in [3.05, 3.63) is 0 Å². The third-order valence-corrected chi connectivity index (χ3v) is 6.07. The van der Waals surface area contributed by atoms with Gasteiger partial charge >= 0.3 is 11.9 Å². The Labute approximate surface area is 117 Å². The number of hydrogen-bond acceptors (Lipinski definition) is 5. The van der Waals surface area contributed by atoms with Crippen LogP contribution >= 0.6 is 0 Å². The van der Waals surface area contributed by atoms with E-state index in [0.717, 1.165) is 19.3 Å². The zero-order valence-electron chi connectivity index (χ0n) is 11.6. The normalized spacial score (nSPS) is 50.0. The maximum absolute atomic E-state index is 12.1. The molecule has 3 aliphatic carbocycles. The van der Waals surface area contributed by atoms with E-state index in [1.807, 2.05) is 6.92 Å². The van der Waals surface area contributed by atoms with Crippen molar-refractivity contribution in [3.8, 4) is 0 Å². The summed E-state index contributed by atoms with van der Waals surface area (Å²) in [5, 5.41) is 9.65. The Morgan fingerprint density at radius 2 is 2.30 bits per heavy atom. The van der Waals surface area contributed by atoms with Gasteiger partial charge in [0.1, 0.15) is 12.2 Å². The Morgan fingerprint density at radius 3 is 3.00 bits per heavy atom. The molecule has 3 saturated carbocycles. The molecule has 0 aromatic carbocycles. The van der Waals surface area contributed by atoms with Crippen molar-refractivity contribution in [1.29, 1.82) is 0 Å². The van der Waals surface area contributed by atoms with Gasteiger partial charge in [-0.1, -0.05) is 13.3 Å². The van der Waals surface area contributed by atoms with Gasteiger partial charge in [0, 0.05) is 17.8 Å². The average molecular weight is 280 g/mol. The highest BCUT2D eigenvalue weighted by Crippen LogP contribution is 2.84. The number of carbonyl (C=O) groups is 2. The first-order chi connectivity index (χ1) is 9.60. The number of ether oxygens (including phenoxy) is 2. The topological polar surface area (TPSA) is 72.8 Å². The van der Waals surface area contributed by atoms with E-state index in [1.165, 1.54) is 0 Å². The molecule has 0 radical (unpaired) electrons. The molecule has 1 saturated heterocycles. The first kappa shape index (κ1) is 12.6. The predicted octanol–water partition coefficient (Wildman–Crippen LogP) is 1.03. The number of esters is 2. The van der Waals surface area contributed by atoms with Gasteiger partial charge in [0.15, 0.2) is 0 Å². The third kappa shape index (κ3) is 1.19. The standard InChI is InChI=1S/C15H20O5/c1-2-3-4-9(17)19-12-10-11-14(7-16,13(18)20-10)5-8-6-15(8,11)12/h8,10-12,16H,2-7H2,1H3. The molecule has 1 heterocycles. The second-order valence-corrected chi connectivity index (χ2v) is 6.89. The molecule has 5 heteroatoms. The summed E-state index contributed by atoms with van der Waals surface area (Å²) < 4.78 is 11.0. The zero-order chi connectivity index (χ0) is 14.1. The molecule has 6 atom stereocenters. The average Bonchev–Trinajstić information content (AvgIpc) is 3.01. The number of carbonyl (C=O) groups excluding carboxylic acids is 2. The van der Waals surface area contributed by atoms with E-state index >= 15 is 0 Å². The molecule has 5 nitrogen and oxygen atoms in total. The molecule has 4 fully saturated rings. The third-order valence-electron chi connectivity index (χ3n) is 6.07. The number of unbranched alkanes of at least 4 members (excludes halogenated alkanes) is 1. The van der Waals surface area contributed by atoms with Crippen LogP contribution in [0, 0.1) is 22.7 Å². The SMILES string of the molecule is CCCCC(=O)OC1C2OC(=O)C3(CO)CC4CC41C23. The minimum atomic E-state index is -0.695. The maximum atomic E-state index is 12.1. The fourth-order valence-corrected chi connectivity index (χ4v) is 5.11. The van der Waals surface area contributed by atoms with Crippen molar-refractivity contribution in [3.63, 3.8) is 0 Å². The van der Waals surface area contributed by atoms with Crippen molar-refractivity contribution < 1.29 is 24.2 Å². The number of aliphatic hydroxyl groups is 1. The van der Waals surface area contributed by atoms with Gasteiger partial charge < -0.3 is 14.6 Å². The number of rotatable bonds is 5. The summed E-state index contributed by atoms with van der Waals surface area (Å²) in [5.41, 5.74) is -0.749. The molecule has 6 unspecified atom stereocenters. The minimum Gasteiger partial charge on any atom is -0.458 e. The summed E-state index contributed by atoms with van der Waals surface area (Å²) in [6.45, 7) is 1.90. The lowest BCUT2D eigenvalue weighted by atomic mass is 9.59. The Bertz CT molecular complexity index is 489. The van der Waals surface area contributed by atoms with E-state index in [9.17, 15) is 14.7 Å². The van der Waals surface area contributed by atoms with Gasteiger partial charge in [0.05, 0.1) is 12.0 Å². The molecule has 0 amide bonds. The Balaban J connectivity index is 1.53. The first-order valence-corrected chi connectivity index (χ1v) is 7.61. The van der Waals surface area contributed by atoms with E-state index in [1.54, 1.807) is 0 Å². The van der Waals surface area contributed by atoms with Crippen LogP contribution in [0.25, 0.3) is 0 Å². The largest absolute Gasteiger partial charge is 0.458 e. The molecular formula is C15H20O5. The van der Waals surface area contributed by atoms with Crippen molar-refractivity contribution in [2.45, 2.75) is 51.2 Å². The fourth-order valence-electron chi connectivity index (χ4n) is 5.11. The maximum Gasteiger partial charge on any atom is 0.315 e. The van der Waals surface area contributed by atoms with E-state index in [-0.39, 0.29) is 42.1 Å². The fraction of sp³-hybridized carbons (Fsp3) is 0.867. The molecular weight excluding hydrogens is 260 g/mol. The van der Waals surface area contributed by atoms with Gasteiger partial charge in [0.2, 0.25) is 0 Å². The molecule has 20 heavy (non-hydrogen) atoms. The zero-order valence-corrected chi connectivity index (χ0v) is 11.6. The molecule has 1 N–H and O–H groups in total. The highest BCUT2D eigenvalue weighted by molar-refractivity contribution is 5.83. The van der Waals surface area contributed by atoms with Crippen LogP contribution < -0.4 is 0 Å². The van der Waals surface area contributed by atoms with Crippen LogP contribution in [0.15, 0.2) is 0 Å². The van der Waals surface area contributed by atoms with Crippen LogP contribution in [-0.2, 0) is 19.1 Å². The lowest BCUT2D eigenvalue weighted by Gasteiger charge is -2.47. The molecule has 0 aromatic rings. The number of hydrogen-bond donors (Lipinski definition) is 1. The van der Waals surface area contributed by atoms with Gasteiger partial charge in [0.25, 0.3) is 0 Å². The highest BCUT2D eigenvalue weighted by atomic mass is 16.6. The molecule has 110 valence electrons. The summed E-state index contributed by atoms with van der Waals surface area (Å²) in [7, 11) is 0. The Kier molecular flexibility index (Phi) is 2.37. The summed E-state index contributed by atoms with van der Waals surface area (Å²) in [5.74, 6) is 0.0302. The summed E-state index contributed by atoms with van der Waals surface area (Å²) >= 11 is 0. The van der Waals surface area contributed by atoms with Crippen LogP contribution in [-0.4, -0.2) is 35.9 Å². The summed E-state index contributed by atoms with van der Waals surface area (Å²) in [6, 6.07) is 0. The van der Waals surface area contributed by atoms with Gasteiger partial charge in [-0.25, -0.2) is 0 Å². The summed E-state index contributed by atoms with van der Waals surface area (Å²) in [6.07, 6.45) is 3.36. The van der Waals surface area contributed by atoms with Gasteiger partial charge in [-0.3, -0.25) is 9.59 Å². The van der Waals surface area contributed by atoms with Crippen LogP contribution in [0.2, 0.25) is 0 Å². The van der Waals surface area contributed by atoms with Crippen LogP contribution in [0.4, 0.5) is 0 Å². The monoisotopic (exact) mass is 280 g/mol. The number of aliphatic hydroxyl groups excluding tert-OH is 1. The quantitative estimate of drug-likeness (QED) is 0.762. The Morgan fingerprint density at radius 1 is 1.50 bits per heavy atom. The van der Waals surface area contributed by atoms with Crippen molar-refractivity contribution in [1.82, 2.24) is 0 Å². The lowest BCUT2D eigenvalue weighted by Crippen LogP contribution is -2.60. The van der Waals surface area contributed by atoms with Crippen molar-refractivity contribution >= 4 is 11.9 Å². The first-order valence-electron chi connectivity index (χ1n) is 7.61. The molecule has 4 rings (SSSR count). The lowest BCUT2D eigenvalue weighted by molar-refractivity contribution is -0.199.